The number of hydrogen-bond acceptors (Lipinski definition) is 4. The molecule has 2 rings (SSSR count). The van der Waals surface area contributed by atoms with Crippen LogP contribution in [0.2, 0.25) is 0 Å². The Morgan fingerprint density at radius 1 is 0.719 bits per heavy atom. The molecule has 0 N–H and O–H groups in total. The number of pyridine rings is 1. The predicted octanol–water partition coefficient (Wildman–Crippen LogP) is 7.71. The highest BCUT2D eigenvalue weighted by atomic mass is 16.5. The largest absolute Gasteiger partial charge is 0.494 e. The zero-order valence-electron chi connectivity index (χ0n) is 20.5. The normalized spacial score (nSPS) is 12.0. The summed E-state index contributed by atoms with van der Waals surface area (Å²) in [5, 5.41) is 0. The van der Waals surface area contributed by atoms with Crippen LogP contribution in [0.15, 0.2) is 42.6 Å². The highest BCUT2D eigenvalue weighted by Gasteiger charge is 2.03. The quantitative estimate of drug-likeness (QED) is 0.222. The van der Waals surface area contributed by atoms with Crippen LogP contribution in [0, 0.1) is 5.92 Å². The molecule has 0 aliphatic carbocycles. The van der Waals surface area contributed by atoms with Crippen LogP contribution in [0.5, 0.6) is 11.5 Å². The van der Waals surface area contributed by atoms with E-state index < -0.39 is 0 Å². The van der Waals surface area contributed by atoms with Gasteiger partial charge in [0.15, 0.2) is 0 Å². The van der Waals surface area contributed by atoms with E-state index in [1.807, 2.05) is 24.3 Å². The van der Waals surface area contributed by atoms with Crippen LogP contribution in [-0.2, 0) is 4.74 Å². The molecule has 1 aromatic carbocycles. The molecule has 32 heavy (non-hydrogen) atoms. The highest BCUT2D eigenvalue weighted by molar-refractivity contribution is 5.60. The van der Waals surface area contributed by atoms with Crippen molar-refractivity contribution in [2.24, 2.45) is 5.92 Å². The second-order valence-electron chi connectivity index (χ2n) is 8.64. The monoisotopic (exact) mass is 441 g/mol. The Bertz CT molecular complexity index is 700. The minimum absolute atomic E-state index is 0.651. The van der Waals surface area contributed by atoms with Gasteiger partial charge in [0.25, 0.3) is 0 Å². The number of unbranched alkanes of at least 4 members (excludes halogenated alkanes) is 4. The molecule has 178 valence electrons. The van der Waals surface area contributed by atoms with Crippen molar-refractivity contribution < 1.29 is 14.2 Å². The number of aromatic nitrogens is 1. The van der Waals surface area contributed by atoms with Crippen molar-refractivity contribution >= 4 is 0 Å². The molecule has 0 saturated carbocycles. The predicted molar refractivity (Wildman–Crippen MR) is 134 cm³/mol. The average Bonchev–Trinajstić information content (AvgIpc) is 2.83. The summed E-state index contributed by atoms with van der Waals surface area (Å²) in [5.41, 5.74) is 2.02. The number of rotatable bonds is 18. The number of nitrogens with zero attached hydrogens (tertiary/aromatic N) is 1. The fourth-order valence-electron chi connectivity index (χ4n) is 3.43. The molecule has 0 saturated heterocycles. The maximum absolute atomic E-state index is 5.89. The first-order valence-electron chi connectivity index (χ1n) is 12.6. The molecule has 0 spiro atoms. The number of ether oxygens (including phenoxy) is 3. The number of hydrogen-bond donors (Lipinski definition) is 0. The van der Waals surface area contributed by atoms with Crippen molar-refractivity contribution in [3.8, 4) is 22.8 Å². The van der Waals surface area contributed by atoms with Gasteiger partial charge in [-0.1, -0.05) is 59.3 Å². The molecule has 0 radical (unpaired) electrons. The minimum Gasteiger partial charge on any atom is -0.494 e. The first-order valence-corrected chi connectivity index (χ1v) is 12.6. The van der Waals surface area contributed by atoms with Crippen LogP contribution < -0.4 is 9.47 Å². The van der Waals surface area contributed by atoms with Crippen molar-refractivity contribution in [3.63, 3.8) is 0 Å². The lowest BCUT2D eigenvalue weighted by atomic mass is 10.0. The summed E-state index contributed by atoms with van der Waals surface area (Å²) >= 11 is 0. The van der Waals surface area contributed by atoms with E-state index in [1.165, 1.54) is 38.5 Å². The number of benzene rings is 1. The molecular formula is C28H43NO3. The van der Waals surface area contributed by atoms with E-state index in [0.29, 0.717) is 6.61 Å². The van der Waals surface area contributed by atoms with Crippen molar-refractivity contribution in [1.82, 2.24) is 4.98 Å². The van der Waals surface area contributed by atoms with Crippen LogP contribution in [0.1, 0.15) is 78.6 Å². The third kappa shape index (κ3) is 11.0. The minimum atomic E-state index is 0.651. The molecule has 1 atom stereocenters. The zero-order valence-corrected chi connectivity index (χ0v) is 20.5. The lowest BCUT2D eigenvalue weighted by Crippen LogP contribution is -2.04. The van der Waals surface area contributed by atoms with E-state index in [4.69, 9.17) is 14.2 Å². The van der Waals surface area contributed by atoms with Gasteiger partial charge in [-0.25, -0.2) is 0 Å². The first-order chi connectivity index (χ1) is 15.7. The van der Waals surface area contributed by atoms with Gasteiger partial charge in [-0.3, -0.25) is 4.98 Å². The molecule has 0 aliphatic rings. The van der Waals surface area contributed by atoms with Crippen LogP contribution in [0.25, 0.3) is 11.3 Å². The summed E-state index contributed by atoms with van der Waals surface area (Å²) in [5.74, 6) is 2.57. The van der Waals surface area contributed by atoms with Crippen LogP contribution >= 0.6 is 0 Å². The van der Waals surface area contributed by atoms with E-state index in [9.17, 15) is 0 Å². The molecule has 4 nitrogen and oxygen atoms in total. The summed E-state index contributed by atoms with van der Waals surface area (Å²) in [7, 11) is 0. The topological polar surface area (TPSA) is 40.6 Å². The molecule has 4 heteroatoms. The fourth-order valence-corrected chi connectivity index (χ4v) is 3.43. The Morgan fingerprint density at radius 3 is 2.12 bits per heavy atom. The van der Waals surface area contributed by atoms with Gasteiger partial charge in [0, 0.05) is 25.2 Å². The Labute approximate surface area is 195 Å². The van der Waals surface area contributed by atoms with E-state index in [-0.39, 0.29) is 0 Å². The maximum Gasteiger partial charge on any atom is 0.137 e. The summed E-state index contributed by atoms with van der Waals surface area (Å²) in [6.07, 6.45) is 12.6. The first kappa shape index (κ1) is 26.2. The van der Waals surface area contributed by atoms with Crippen LogP contribution in [0.3, 0.4) is 0 Å². The van der Waals surface area contributed by atoms with Gasteiger partial charge >= 0.3 is 0 Å². The molecule has 1 aromatic heterocycles. The van der Waals surface area contributed by atoms with Gasteiger partial charge in [-0.15, -0.1) is 0 Å². The second-order valence-corrected chi connectivity index (χ2v) is 8.64. The standard InChI is InChI=1S/C28H43NO3/c1-4-6-9-19-30-20-11-22-32-27-17-18-28(29-23-27)25-13-15-26(16-14-25)31-21-10-7-8-12-24(3)5-2/h13-18,23-24H,4-12,19-22H2,1-3H3. The lowest BCUT2D eigenvalue weighted by Gasteiger charge is -2.09. The molecule has 2 aromatic rings. The molecule has 0 bridgehead atoms. The smallest absolute Gasteiger partial charge is 0.137 e. The lowest BCUT2D eigenvalue weighted by molar-refractivity contribution is 0.116. The molecule has 0 aliphatic heterocycles. The average molecular weight is 442 g/mol. The Morgan fingerprint density at radius 2 is 1.41 bits per heavy atom. The molecule has 0 fully saturated rings. The molecular weight excluding hydrogens is 398 g/mol. The summed E-state index contributed by atoms with van der Waals surface area (Å²) in [4.78, 5) is 4.55. The Balaban J connectivity index is 1.63. The third-order valence-corrected chi connectivity index (χ3v) is 5.79. The molecule has 1 heterocycles. The second kappa shape index (κ2) is 16.5. The van der Waals surface area contributed by atoms with Gasteiger partial charge in [-0.05, 0) is 55.2 Å². The van der Waals surface area contributed by atoms with Crippen molar-refractivity contribution in [1.29, 1.82) is 0 Å². The fraction of sp³-hybridized carbons (Fsp3) is 0.607. The van der Waals surface area contributed by atoms with Gasteiger partial charge < -0.3 is 14.2 Å². The van der Waals surface area contributed by atoms with Crippen LogP contribution in [-0.4, -0.2) is 31.4 Å². The van der Waals surface area contributed by atoms with Gasteiger partial charge in [0.2, 0.25) is 0 Å². The molecule has 0 amide bonds. The van der Waals surface area contributed by atoms with E-state index in [1.54, 1.807) is 6.20 Å². The van der Waals surface area contributed by atoms with E-state index in [0.717, 1.165) is 67.8 Å². The summed E-state index contributed by atoms with van der Waals surface area (Å²) in [6, 6.07) is 12.2. The third-order valence-electron chi connectivity index (χ3n) is 5.79. The van der Waals surface area contributed by atoms with Crippen molar-refractivity contribution in [2.45, 2.75) is 78.6 Å². The van der Waals surface area contributed by atoms with Crippen molar-refractivity contribution in [3.05, 3.63) is 42.6 Å². The summed E-state index contributed by atoms with van der Waals surface area (Å²) < 4.78 is 17.3. The highest BCUT2D eigenvalue weighted by Crippen LogP contribution is 2.23. The van der Waals surface area contributed by atoms with Gasteiger partial charge in [-0.2, -0.15) is 0 Å². The summed E-state index contributed by atoms with van der Waals surface area (Å²) in [6.45, 7) is 9.85. The maximum atomic E-state index is 5.89. The Hall–Kier alpha value is -2.07. The Kier molecular flexibility index (Phi) is 13.5. The zero-order chi connectivity index (χ0) is 22.9. The van der Waals surface area contributed by atoms with E-state index in [2.05, 4.69) is 37.9 Å². The van der Waals surface area contributed by atoms with Gasteiger partial charge in [0.1, 0.15) is 11.5 Å². The van der Waals surface area contributed by atoms with Crippen molar-refractivity contribution in [2.75, 3.05) is 26.4 Å². The SMILES string of the molecule is CCCCCOCCCOc1ccc(-c2ccc(OCCCCCC(C)CC)cc2)nc1. The van der Waals surface area contributed by atoms with Gasteiger partial charge in [0.05, 0.1) is 25.1 Å². The molecule has 1 unspecified atom stereocenters. The van der Waals surface area contributed by atoms with Crippen LogP contribution in [0.4, 0.5) is 0 Å². The van der Waals surface area contributed by atoms with E-state index >= 15 is 0 Å².